The molecule has 0 aliphatic heterocycles. The highest BCUT2D eigenvalue weighted by Crippen LogP contribution is 2.01. The minimum absolute atomic E-state index is 0.419. The average molecular weight is 167 g/mol. The molecule has 0 fully saturated rings. The largest absolute Gasteiger partial charge is 0.287 e. The Morgan fingerprint density at radius 1 is 1.33 bits per heavy atom. The van der Waals surface area contributed by atoms with E-state index in [1.165, 1.54) is 17.7 Å². The van der Waals surface area contributed by atoms with Crippen LogP contribution in [-0.2, 0) is 0 Å². The summed E-state index contributed by atoms with van der Waals surface area (Å²) >= 11 is 0. The van der Waals surface area contributed by atoms with E-state index in [2.05, 4.69) is 45.7 Å². The summed E-state index contributed by atoms with van der Waals surface area (Å²) < 4.78 is 0. The van der Waals surface area contributed by atoms with Crippen molar-refractivity contribution < 1.29 is 0 Å². The van der Waals surface area contributed by atoms with E-state index in [4.69, 9.17) is 0 Å². The van der Waals surface area contributed by atoms with Crippen LogP contribution in [-0.4, -0.2) is 11.8 Å². The average Bonchev–Trinajstić information content (AvgIpc) is 1.84. The van der Waals surface area contributed by atoms with Gasteiger partial charge < -0.3 is 0 Å². The van der Waals surface area contributed by atoms with Crippen molar-refractivity contribution >= 4 is 5.71 Å². The quantitative estimate of drug-likeness (QED) is 0.567. The number of hydrogen-bond acceptors (Lipinski definition) is 1. The molecule has 0 unspecified atom stereocenters. The highest BCUT2D eigenvalue weighted by atomic mass is 14.8. The lowest BCUT2D eigenvalue weighted by molar-refractivity contribution is 0.826. The lowest BCUT2D eigenvalue weighted by Gasteiger charge is -2.03. The fourth-order valence-corrected chi connectivity index (χ4v) is 1.09. The molecule has 0 heterocycles. The summed E-state index contributed by atoms with van der Waals surface area (Å²) in [5.41, 5.74) is 2.58. The number of hydrogen-bond donors (Lipinski definition) is 0. The molecule has 0 aliphatic rings. The van der Waals surface area contributed by atoms with Crippen molar-refractivity contribution in [3.05, 3.63) is 11.6 Å². The van der Waals surface area contributed by atoms with Gasteiger partial charge in [-0.05, 0) is 40.2 Å². The van der Waals surface area contributed by atoms with Crippen molar-refractivity contribution in [1.29, 1.82) is 0 Å². The third kappa shape index (κ3) is 6.14. The molecule has 0 saturated heterocycles. The first-order chi connectivity index (χ1) is 5.56. The summed E-state index contributed by atoms with van der Waals surface area (Å²) in [7, 11) is 0. The third-order valence-corrected chi connectivity index (χ3v) is 1.39. The first-order valence-electron chi connectivity index (χ1n) is 4.77. The lowest BCUT2D eigenvalue weighted by atomic mass is 10.1. The van der Waals surface area contributed by atoms with Gasteiger partial charge in [0, 0.05) is 11.8 Å². The van der Waals surface area contributed by atoms with Crippen molar-refractivity contribution in [2.24, 2.45) is 4.99 Å². The second-order valence-electron chi connectivity index (χ2n) is 3.69. The second-order valence-corrected chi connectivity index (χ2v) is 3.69. The van der Waals surface area contributed by atoms with E-state index in [9.17, 15) is 0 Å². The van der Waals surface area contributed by atoms with Gasteiger partial charge in [0.2, 0.25) is 0 Å². The molecule has 70 valence electrons. The third-order valence-electron chi connectivity index (χ3n) is 1.39. The summed E-state index contributed by atoms with van der Waals surface area (Å²) in [6, 6.07) is 0.419. The molecule has 0 radical (unpaired) electrons. The van der Waals surface area contributed by atoms with Crippen LogP contribution in [0.25, 0.3) is 0 Å². The zero-order valence-corrected chi connectivity index (χ0v) is 9.02. The van der Waals surface area contributed by atoms with Crippen LogP contribution in [0, 0.1) is 0 Å². The van der Waals surface area contributed by atoms with Gasteiger partial charge in [0.05, 0.1) is 0 Å². The van der Waals surface area contributed by atoms with E-state index in [1.54, 1.807) is 0 Å². The Bertz CT molecular complexity index is 171. The summed E-state index contributed by atoms with van der Waals surface area (Å²) in [6.07, 6.45) is 4.46. The summed E-state index contributed by atoms with van der Waals surface area (Å²) in [5, 5.41) is 0. The SMILES string of the molecule is CCCC(C=C(C)C)=NC(C)C. The van der Waals surface area contributed by atoms with Gasteiger partial charge in [-0.1, -0.05) is 18.9 Å². The van der Waals surface area contributed by atoms with Gasteiger partial charge in [-0.3, -0.25) is 4.99 Å². The van der Waals surface area contributed by atoms with Crippen LogP contribution >= 0.6 is 0 Å². The van der Waals surface area contributed by atoms with Gasteiger partial charge in [-0.15, -0.1) is 0 Å². The van der Waals surface area contributed by atoms with Crippen molar-refractivity contribution in [2.45, 2.75) is 53.5 Å². The van der Waals surface area contributed by atoms with E-state index in [1.807, 2.05) is 0 Å². The van der Waals surface area contributed by atoms with E-state index >= 15 is 0 Å². The van der Waals surface area contributed by atoms with Crippen LogP contribution < -0.4 is 0 Å². The molecule has 0 amide bonds. The van der Waals surface area contributed by atoms with Crippen LogP contribution in [0.3, 0.4) is 0 Å². The summed E-state index contributed by atoms with van der Waals surface area (Å²) in [5.74, 6) is 0. The van der Waals surface area contributed by atoms with Crippen LogP contribution in [0.15, 0.2) is 16.6 Å². The van der Waals surface area contributed by atoms with Crippen molar-refractivity contribution in [1.82, 2.24) is 0 Å². The predicted octanol–water partition coefficient (Wildman–Crippen LogP) is 3.60. The summed E-state index contributed by atoms with van der Waals surface area (Å²) in [4.78, 5) is 4.55. The number of rotatable bonds is 4. The Kier molecular flexibility index (Phi) is 5.69. The highest BCUT2D eigenvalue weighted by molar-refractivity contribution is 5.95. The zero-order chi connectivity index (χ0) is 9.56. The molecule has 0 aromatic carbocycles. The van der Waals surface area contributed by atoms with Crippen molar-refractivity contribution in [2.75, 3.05) is 0 Å². The molecular formula is C11H21N. The molecule has 0 spiro atoms. The van der Waals surface area contributed by atoms with Crippen molar-refractivity contribution in [3.8, 4) is 0 Å². The smallest absolute Gasteiger partial charge is 0.0446 e. The molecule has 0 aromatic heterocycles. The summed E-state index contributed by atoms with van der Waals surface area (Å²) in [6.45, 7) is 10.7. The molecule has 0 aliphatic carbocycles. The van der Waals surface area contributed by atoms with Crippen LogP contribution in [0.2, 0.25) is 0 Å². The standard InChI is InChI=1S/C11H21N/c1-6-7-11(8-9(2)3)12-10(4)5/h8,10H,6-7H2,1-5H3. The van der Waals surface area contributed by atoms with Crippen LogP contribution in [0.4, 0.5) is 0 Å². The van der Waals surface area contributed by atoms with Crippen molar-refractivity contribution in [3.63, 3.8) is 0 Å². The Balaban J connectivity index is 4.33. The van der Waals surface area contributed by atoms with E-state index in [0.29, 0.717) is 6.04 Å². The van der Waals surface area contributed by atoms with Gasteiger partial charge in [-0.2, -0.15) is 0 Å². The first-order valence-corrected chi connectivity index (χ1v) is 4.77. The molecule has 0 rings (SSSR count). The fraction of sp³-hybridized carbons (Fsp3) is 0.727. The molecule has 0 bridgehead atoms. The normalized spacial score (nSPS) is 12.0. The molecule has 0 N–H and O–H groups in total. The Morgan fingerprint density at radius 2 is 1.92 bits per heavy atom. The molecule has 1 heteroatoms. The van der Waals surface area contributed by atoms with Crippen LogP contribution in [0.1, 0.15) is 47.5 Å². The molecule has 12 heavy (non-hydrogen) atoms. The van der Waals surface area contributed by atoms with E-state index in [0.717, 1.165) is 6.42 Å². The van der Waals surface area contributed by atoms with E-state index in [-0.39, 0.29) is 0 Å². The highest BCUT2D eigenvalue weighted by Gasteiger charge is 1.95. The minimum Gasteiger partial charge on any atom is -0.287 e. The molecule has 0 aromatic rings. The van der Waals surface area contributed by atoms with E-state index < -0.39 is 0 Å². The Morgan fingerprint density at radius 3 is 2.25 bits per heavy atom. The van der Waals surface area contributed by atoms with Gasteiger partial charge >= 0.3 is 0 Å². The topological polar surface area (TPSA) is 12.4 Å². The maximum atomic E-state index is 4.55. The van der Waals surface area contributed by atoms with Gasteiger partial charge in [0.1, 0.15) is 0 Å². The zero-order valence-electron chi connectivity index (χ0n) is 9.02. The first kappa shape index (κ1) is 11.4. The molecule has 0 saturated carbocycles. The van der Waals surface area contributed by atoms with Gasteiger partial charge in [0.25, 0.3) is 0 Å². The van der Waals surface area contributed by atoms with Gasteiger partial charge in [-0.25, -0.2) is 0 Å². The molecular weight excluding hydrogens is 146 g/mol. The van der Waals surface area contributed by atoms with Crippen LogP contribution in [0.5, 0.6) is 0 Å². The number of allylic oxidation sites excluding steroid dienone is 2. The molecule has 1 nitrogen and oxygen atoms in total. The minimum atomic E-state index is 0.419. The maximum Gasteiger partial charge on any atom is 0.0446 e. The second kappa shape index (κ2) is 5.99. The Hall–Kier alpha value is -0.590. The molecule has 0 atom stereocenters. The monoisotopic (exact) mass is 167 g/mol. The number of aliphatic imine (C=N–C) groups is 1. The van der Waals surface area contributed by atoms with Gasteiger partial charge in [0.15, 0.2) is 0 Å². The lowest BCUT2D eigenvalue weighted by Crippen LogP contribution is -1.99. The Labute approximate surface area is 76.6 Å². The fourth-order valence-electron chi connectivity index (χ4n) is 1.09. The number of nitrogens with zero attached hydrogens (tertiary/aromatic N) is 1. The predicted molar refractivity (Wildman–Crippen MR) is 56.9 cm³/mol. The maximum absolute atomic E-state index is 4.55.